The molecule has 6 nitrogen and oxygen atoms in total. The molecule has 0 heterocycles. The molecule has 1 aromatic carbocycles. The molecule has 0 radical (unpaired) electrons. The second-order valence-corrected chi connectivity index (χ2v) is 5.04. The lowest BCUT2D eigenvalue weighted by atomic mass is 10.1. The average molecular weight is 291 g/mol. The van der Waals surface area contributed by atoms with Gasteiger partial charge in [-0.3, -0.25) is 9.59 Å². The van der Waals surface area contributed by atoms with Crippen LogP contribution >= 0.6 is 0 Å². The van der Waals surface area contributed by atoms with Gasteiger partial charge in [0.1, 0.15) is 5.75 Å². The molecule has 0 aromatic heterocycles. The van der Waals surface area contributed by atoms with E-state index in [9.17, 15) is 9.59 Å². The highest BCUT2D eigenvalue weighted by atomic mass is 16.5. The monoisotopic (exact) mass is 291 g/mol. The third-order valence-electron chi connectivity index (χ3n) is 3.16. The lowest BCUT2D eigenvalue weighted by Gasteiger charge is -2.09. The number of carbonyl (C=O) groups is 2. The van der Waals surface area contributed by atoms with Crippen LogP contribution in [0, 0.1) is 5.92 Å². The van der Waals surface area contributed by atoms with Crippen LogP contribution in [-0.2, 0) is 4.79 Å². The molecule has 1 aromatic rings. The first kappa shape index (κ1) is 15.2. The molecule has 1 saturated carbocycles. The van der Waals surface area contributed by atoms with Crippen molar-refractivity contribution < 1.29 is 14.3 Å². The van der Waals surface area contributed by atoms with Gasteiger partial charge in [0.05, 0.1) is 6.61 Å². The third-order valence-corrected chi connectivity index (χ3v) is 3.16. The van der Waals surface area contributed by atoms with E-state index in [1.165, 1.54) is 0 Å². The van der Waals surface area contributed by atoms with E-state index in [4.69, 9.17) is 10.5 Å². The topological polar surface area (TPSA) is 93.4 Å². The van der Waals surface area contributed by atoms with Gasteiger partial charge in [0.15, 0.2) is 0 Å². The summed E-state index contributed by atoms with van der Waals surface area (Å²) in [6.45, 7) is 3.20. The number of ether oxygens (including phenoxy) is 1. The van der Waals surface area contributed by atoms with Gasteiger partial charge in [-0.05, 0) is 31.9 Å². The van der Waals surface area contributed by atoms with Crippen molar-refractivity contribution in [3.63, 3.8) is 0 Å². The van der Waals surface area contributed by atoms with Crippen molar-refractivity contribution in [1.29, 1.82) is 0 Å². The zero-order chi connectivity index (χ0) is 15.2. The van der Waals surface area contributed by atoms with Gasteiger partial charge in [-0.15, -0.1) is 0 Å². The first-order valence-electron chi connectivity index (χ1n) is 7.19. The number of anilines is 1. The van der Waals surface area contributed by atoms with Crippen LogP contribution in [0.4, 0.5) is 5.69 Å². The fourth-order valence-corrected chi connectivity index (χ4v) is 1.96. The van der Waals surface area contributed by atoms with E-state index in [0.717, 1.165) is 12.8 Å². The molecule has 0 bridgehead atoms. The van der Waals surface area contributed by atoms with Gasteiger partial charge >= 0.3 is 0 Å². The van der Waals surface area contributed by atoms with Gasteiger partial charge in [0, 0.05) is 36.3 Å². The van der Waals surface area contributed by atoms with Crippen molar-refractivity contribution in [2.75, 3.05) is 25.4 Å². The van der Waals surface area contributed by atoms with Crippen molar-refractivity contribution in [3.05, 3.63) is 23.8 Å². The average Bonchev–Trinajstić information content (AvgIpc) is 3.27. The van der Waals surface area contributed by atoms with Crippen LogP contribution in [0.25, 0.3) is 0 Å². The van der Waals surface area contributed by atoms with Crippen molar-refractivity contribution in [2.45, 2.75) is 19.8 Å². The summed E-state index contributed by atoms with van der Waals surface area (Å²) >= 11 is 0. The van der Waals surface area contributed by atoms with E-state index < -0.39 is 0 Å². The van der Waals surface area contributed by atoms with E-state index >= 15 is 0 Å². The van der Waals surface area contributed by atoms with Crippen molar-refractivity contribution in [3.8, 4) is 5.75 Å². The second-order valence-electron chi connectivity index (χ2n) is 5.04. The second kappa shape index (κ2) is 6.97. The largest absolute Gasteiger partial charge is 0.494 e. The van der Waals surface area contributed by atoms with Gasteiger partial charge in [0.25, 0.3) is 5.91 Å². The molecule has 1 fully saturated rings. The highest BCUT2D eigenvalue weighted by molar-refractivity contribution is 5.95. The van der Waals surface area contributed by atoms with Crippen LogP contribution in [-0.4, -0.2) is 31.5 Å². The number of benzene rings is 1. The third kappa shape index (κ3) is 4.66. The van der Waals surface area contributed by atoms with Crippen LogP contribution in [0.15, 0.2) is 18.2 Å². The molecule has 114 valence electrons. The highest BCUT2D eigenvalue weighted by Gasteiger charge is 2.28. The molecule has 2 amide bonds. The maximum atomic E-state index is 12.0. The smallest absolute Gasteiger partial charge is 0.251 e. The van der Waals surface area contributed by atoms with Gasteiger partial charge in [-0.25, -0.2) is 0 Å². The molecule has 0 saturated heterocycles. The summed E-state index contributed by atoms with van der Waals surface area (Å²) < 4.78 is 5.35. The molecule has 0 spiro atoms. The number of nitrogens with two attached hydrogens (primary N) is 1. The van der Waals surface area contributed by atoms with Crippen LogP contribution in [0.3, 0.4) is 0 Å². The van der Waals surface area contributed by atoms with Crippen molar-refractivity contribution >= 4 is 17.5 Å². The molecule has 6 heteroatoms. The summed E-state index contributed by atoms with van der Waals surface area (Å²) in [7, 11) is 0. The first-order valence-corrected chi connectivity index (χ1v) is 7.19. The van der Waals surface area contributed by atoms with Crippen LogP contribution in [0.5, 0.6) is 5.75 Å². The van der Waals surface area contributed by atoms with E-state index in [2.05, 4.69) is 10.6 Å². The zero-order valence-electron chi connectivity index (χ0n) is 12.1. The Hall–Kier alpha value is -2.24. The molecular formula is C15H21N3O3. The molecule has 21 heavy (non-hydrogen) atoms. The summed E-state index contributed by atoms with van der Waals surface area (Å²) in [5.74, 6) is 0.601. The predicted octanol–water partition coefficient (Wildman–Crippen LogP) is 0.923. The quantitative estimate of drug-likeness (QED) is 0.514. The first-order chi connectivity index (χ1) is 10.1. The molecule has 2 rings (SSSR count). The summed E-state index contributed by atoms with van der Waals surface area (Å²) in [5, 5.41) is 5.54. The minimum Gasteiger partial charge on any atom is -0.494 e. The fraction of sp³-hybridized carbons (Fsp3) is 0.467. The molecule has 0 aliphatic heterocycles. The molecule has 0 unspecified atom stereocenters. The summed E-state index contributed by atoms with van der Waals surface area (Å²) in [6, 6.07) is 4.93. The SMILES string of the molecule is CCOc1cc(N)cc(C(=O)NCCNC(=O)C2CC2)c1. The Labute approximate surface area is 124 Å². The lowest BCUT2D eigenvalue weighted by Crippen LogP contribution is -2.35. The van der Waals surface area contributed by atoms with E-state index in [0.29, 0.717) is 36.7 Å². The maximum absolute atomic E-state index is 12.0. The Kier molecular flexibility index (Phi) is 5.03. The number of amides is 2. The van der Waals surface area contributed by atoms with Crippen LogP contribution in [0.1, 0.15) is 30.1 Å². The minimum absolute atomic E-state index is 0.0758. The van der Waals surface area contributed by atoms with Crippen molar-refractivity contribution in [2.24, 2.45) is 5.92 Å². The molecular weight excluding hydrogens is 270 g/mol. The molecule has 1 aliphatic rings. The van der Waals surface area contributed by atoms with E-state index in [1.54, 1.807) is 18.2 Å². The van der Waals surface area contributed by atoms with Crippen molar-refractivity contribution in [1.82, 2.24) is 10.6 Å². The molecule has 0 atom stereocenters. The number of rotatable bonds is 7. The lowest BCUT2D eigenvalue weighted by molar-refractivity contribution is -0.122. The molecule has 1 aliphatic carbocycles. The zero-order valence-corrected chi connectivity index (χ0v) is 12.1. The Morgan fingerprint density at radius 2 is 1.95 bits per heavy atom. The Balaban J connectivity index is 1.80. The summed E-state index contributed by atoms with van der Waals surface area (Å²) in [6.07, 6.45) is 1.95. The standard InChI is InChI=1S/C15H21N3O3/c1-2-21-13-8-11(7-12(16)9-13)15(20)18-6-5-17-14(19)10-3-4-10/h7-10H,2-6,16H2,1H3,(H,17,19)(H,18,20). The Morgan fingerprint density at radius 3 is 2.62 bits per heavy atom. The predicted molar refractivity (Wildman–Crippen MR) is 80.1 cm³/mol. The minimum atomic E-state index is -0.232. The number of nitrogen functional groups attached to an aromatic ring is 1. The summed E-state index contributed by atoms with van der Waals surface area (Å²) in [5.41, 5.74) is 6.68. The van der Waals surface area contributed by atoms with Gasteiger partial charge < -0.3 is 21.1 Å². The Bertz CT molecular complexity index is 527. The molecule has 4 N–H and O–H groups in total. The van der Waals surface area contributed by atoms with E-state index in [-0.39, 0.29) is 17.7 Å². The Morgan fingerprint density at radius 1 is 1.24 bits per heavy atom. The normalized spacial score (nSPS) is 13.6. The van der Waals surface area contributed by atoms with E-state index in [1.807, 2.05) is 6.92 Å². The van der Waals surface area contributed by atoms with Crippen LogP contribution in [0.2, 0.25) is 0 Å². The fourth-order valence-electron chi connectivity index (χ4n) is 1.96. The number of hydrogen-bond donors (Lipinski definition) is 3. The maximum Gasteiger partial charge on any atom is 0.251 e. The van der Waals surface area contributed by atoms with Gasteiger partial charge in [0.2, 0.25) is 5.91 Å². The number of hydrogen-bond acceptors (Lipinski definition) is 4. The van der Waals surface area contributed by atoms with Crippen LogP contribution < -0.4 is 21.1 Å². The number of carbonyl (C=O) groups excluding carboxylic acids is 2. The number of nitrogens with one attached hydrogen (secondary N) is 2. The highest BCUT2D eigenvalue weighted by Crippen LogP contribution is 2.28. The summed E-state index contributed by atoms with van der Waals surface area (Å²) in [4.78, 5) is 23.4. The van der Waals surface area contributed by atoms with Gasteiger partial charge in [-0.2, -0.15) is 0 Å². The van der Waals surface area contributed by atoms with Gasteiger partial charge in [-0.1, -0.05) is 0 Å².